The molecular formula is C13H16FNO2S. The molecule has 0 spiro atoms. The van der Waals surface area contributed by atoms with E-state index in [0.717, 1.165) is 0 Å². The Bertz CT molecular complexity index is 581. The lowest BCUT2D eigenvalue weighted by atomic mass is 10.2. The van der Waals surface area contributed by atoms with E-state index in [1.54, 1.807) is 19.1 Å². The van der Waals surface area contributed by atoms with Gasteiger partial charge in [0, 0.05) is 12.6 Å². The third kappa shape index (κ3) is 2.20. The highest BCUT2D eigenvalue weighted by atomic mass is 32.2. The first kappa shape index (κ1) is 13.2. The van der Waals surface area contributed by atoms with Crippen molar-refractivity contribution in [1.82, 2.24) is 4.31 Å². The van der Waals surface area contributed by atoms with Crippen molar-refractivity contribution in [1.29, 1.82) is 0 Å². The lowest BCUT2D eigenvalue weighted by Gasteiger charge is -2.23. The van der Waals surface area contributed by atoms with Gasteiger partial charge in [-0.05, 0) is 31.0 Å². The molecule has 2 rings (SSSR count). The summed E-state index contributed by atoms with van der Waals surface area (Å²) in [4.78, 5) is -0.241. The van der Waals surface area contributed by atoms with Crippen molar-refractivity contribution in [3.63, 3.8) is 0 Å². The Hall–Kier alpha value is -1.20. The van der Waals surface area contributed by atoms with Crippen LogP contribution in [0.3, 0.4) is 0 Å². The fourth-order valence-corrected chi connectivity index (χ4v) is 3.77. The average Bonchev–Trinajstić information content (AvgIpc) is 2.76. The molecule has 3 nitrogen and oxygen atoms in total. The predicted molar refractivity (Wildman–Crippen MR) is 68.2 cm³/mol. The van der Waals surface area contributed by atoms with Gasteiger partial charge in [0.15, 0.2) is 0 Å². The Balaban J connectivity index is 2.43. The highest BCUT2D eigenvalue weighted by molar-refractivity contribution is 7.89. The zero-order valence-corrected chi connectivity index (χ0v) is 11.2. The van der Waals surface area contributed by atoms with Gasteiger partial charge in [-0.1, -0.05) is 25.1 Å². The maximum atomic E-state index is 13.8. The van der Waals surface area contributed by atoms with Crippen LogP contribution in [-0.4, -0.2) is 25.3 Å². The number of hydrogen-bond acceptors (Lipinski definition) is 2. The fourth-order valence-electron chi connectivity index (χ4n) is 2.11. The van der Waals surface area contributed by atoms with Crippen LogP contribution in [0.4, 0.5) is 4.39 Å². The van der Waals surface area contributed by atoms with Gasteiger partial charge in [0.2, 0.25) is 10.0 Å². The number of halogens is 1. The molecule has 1 aromatic rings. The molecule has 1 aromatic carbocycles. The van der Waals surface area contributed by atoms with Crippen LogP contribution >= 0.6 is 0 Å². The number of nitrogens with zero attached hydrogens (tertiary/aromatic N) is 1. The summed E-state index contributed by atoms with van der Waals surface area (Å²) in [6.45, 7) is 3.95. The van der Waals surface area contributed by atoms with Gasteiger partial charge in [-0.2, -0.15) is 4.31 Å². The van der Waals surface area contributed by atoms with Gasteiger partial charge in [0.1, 0.15) is 10.7 Å². The Morgan fingerprint density at radius 2 is 2.17 bits per heavy atom. The molecule has 0 fully saturated rings. The molecule has 0 N–H and O–H groups in total. The van der Waals surface area contributed by atoms with E-state index >= 15 is 0 Å². The van der Waals surface area contributed by atoms with Gasteiger partial charge in [-0.3, -0.25) is 0 Å². The molecule has 0 bridgehead atoms. The predicted octanol–water partition coefficient (Wildman–Crippen LogP) is 2.47. The normalized spacial score (nSPS) is 20.5. The van der Waals surface area contributed by atoms with Crippen LogP contribution in [0, 0.1) is 12.7 Å². The lowest BCUT2D eigenvalue weighted by Crippen LogP contribution is -2.36. The van der Waals surface area contributed by atoms with Crippen molar-refractivity contribution < 1.29 is 12.8 Å². The molecule has 0 radical (unpaired) electrons. The summed E-state index contributed by atoms with van der Waals surface area (Å²) in [6.07, 6.45) is 4.34. The van der Waals surface area contributed by atoms with Gasteiger partial charge in [-0.25, -0.2) is 12.8 Å². The van der Waals surface area contributed by atoms with E-state index in [-0.39, 0.29) is 10.9 Å². The van der Waals surface area contributed by atoms with Gasteiger partial charge >= 0.3 is 0 Å². The second-order valence-corrected chi connectivity index (χ2v) is 6.27. The van der Waals surface area contributed by atoms with Crippen molar-refractivity contribution in [2.24, 2.45) is 0 Å². The van der Waals surface area contributed by atoms with Gasteiger partial charge in [-0.15, -0.1) is 0 Å². The minimum Gasteiger partial charge on any atom is -0.207 e. The van der Waals surface area contributed by atoms with E-state index in [4.69, 9.17) is 0 Å². The van der Waals surface area contributed by atoms with Gasteiger partial charge in [0.25, 0.3) is 0 Å². The second kappa shape index (κ2) is 4.82. The molecule has 18 heavy (non-hydrogen) atoms. The van der Waals surface area contributed by atoms with E-state index in [2.05, 4.69) is 0 Å². The summed E-state index contributed by atoms with van der Waals surface area (Å²) in [6, 6.07) is 4.03. The molecule has 1 aliphatic rings. The smallest absolute Gasteiger partial charge is 0.207 e. The van der Waals surface area contributed by atoms with Crippen molar-refractivity contribution in [2.75, 3.05) is 6.54 Å². The molecule has 1 unspecified atom stereocenters. The molecule has 0 saturated heterocycles. The molecule has 1 aliphatic heterocycles. The SMILES string of the molecule is CCC1C=CCN1S(=O)(=O)c1ccc(C)cc1F. The Labute approximate surface area is 107 Å². The fraction of sp³-hybridized carbons (Fsp3) is 0.385. The summed E-state index contributed by atoms with van der Waals surface area (Å²) in [5, 5.41) is 0. The van der Waals surface area contributed by atoms with Gasteiger partial charge in [0.05, 0.1) is 0 Å². The standard InChI is InChI=1S/C13H16FNO2S/c1-3-11-5-4-8-15(11)18(16,17)13-7-6-10(2)9-12(13)14/h4-7,9,11H,3,8H2,1-2H3. The molecule has 0 aromatic heterocycles. The van der Waals surface area contributed by atoms with Crippen LogP contribution in [-0.2, 0) is 10.0 Å². The van der Waals surface area contributed by atoms with Crippen LogP contribution < -0.4 is 0 Å². The van der Waals surface area contributed by atoms with Crippen molar-refractivity contribution in [3.8, 4) is 0 Å². The lowest BCUT2D eigenvalue weighted by molar-refractivity contribution is 0.399. The first-order chi connectivity index (χ1) is 8.46. The number of hydrogen-bond donors (Lipinski definition) is 0. The Morgan fingerprint density at radius 1 is 1.44 bits per heavy atom. The minimum atomic E-state index is -3.75. The highest BCUT2D eigenvalue weighted by Crippen LogP contribution is 2.25. The zero-order chi connectivity index (χ0) is 13.3. The van der Waals surface area contributed by atoms with Crippen LogP contribution in [0.5, 0.6) is 0 Å². The summed E-state index contributed by atoms with van der Waals surface area (Å²) in [5.74, 6) is -0.684. The number of aryl methyl sites for hydroxylation is 1. The molecule has 0 amide bonds. The molecule has 1 atom stereocenters. The second-order valence-electron chi connectivity index (χ2n) is 4.41. The summed E-state index contributed by atoms with van der Waals surface area (Å²) < 4.78 is 39.9. The highest BCUT2D eigenvalue weighted by Gasteiger charge is 2.33. The topological polar surface area (TPSA) is 37.4 Å². The monoisotopic (exact) mass is 269 g/mol. The molecule has 0 saturated carbocycles. The summed E-state index contributed by atoms with van der Waals surface area (Å²) in [7, 11) is -3.75. The quantitative estimate of drug-likeness (QED) is 0.791. The third-order valence-corrected chi connectivity index (χ3v) is 5.03. The van der Waals surface area contributed by atoms with Crippen LogP contribution in [0.1, 0.15) is 18.9 Å². The molecule has 5 heteroatoms. The Morgan fingerprint density at radius 3 is 2.78 bits per heavy atom. The first-order valence-corrected chi connectivity index (χ1v) is 7.35. The van der Waals surface area contributed by atoms with Crippen LogP contribution in [0.15, 0.2) is 35.2 Å². The maximum absolute atomic E-state index is 13.8. The first-order valence-electron chi connectivity index (χ1n) is 5.91. The summed E-state index contributed by atoms with van der Waals surface area (Å²) in [5.41, 5.74) is 0.707. The molecular weight excluding hydrogens is 253 g/mol. The minimum absolute atomic E-state index is 0.171. The van der Waals surface area contributed by atoms with Crippen LogP contribution in [0.25, 0.3) is 0 Å². The van der Waals surface area contributed by atoms with Crippen molar-refractivity contribution >= 4 is 10.0 Å². The van der Waals surface area contributed by atoms with Gasteiger partial charge < -0.3 is 0 Å². The van der Waals surface area contributed by atoms with E-state index in [0.29, 0.717) is 18.5 Å². The molecule has 1 heterocycles. The zero-order valence-electron chi connectivity index (χ0n) is 10.4. The third-order valence-electron chi connectivity index (χ3n) is 3.11. The van der Waals surface area contributed by atoms with Crippen LogP contribution in [0.2, 0.25) is 0 Å². The van der Waals surface area contributed by atoms with E-state index in [1.807, 2.05) is 13.0 Å². The Kier molecular flexibility index (Phi) is 3.54. The largest absolute Gasteiger partial charge is 0.246 e. The summed E-state index contributed by atoms with van der Waals surface area (Å²) >= 11 is 0. The maximum Gasteiger partial charge on any atom is 0.246 e. The average molecular weight is 269 g/mol. The molecule has 0 aliphatic carbocycles. The molecule has 98 valence electrons. The van der Waals surface area contributed by atoms with Crippen molar-refractivity contribution in [3.05, 3.63) is 41.7 Å². The number of benzene rings is 1. The van der Waals surface area contributed by atoms with E-state index < -0.39 is 15.8 Å². The van der Waals surface area contributed by atoms with E-state index in [1.165, 1.54) is 16.4 Å². The number of rotatable bonds is 3. The van der Waals surface area contributed by atoms with Crippen molar-refractivity contribution in [2.45, 2.75) is 31.2 Å². The number of sulfonamides is 1. The van der Waals surface area contributed by atoms with E-state index in [9.17, 15) is 12.8 Å².